The predicted octanol–water partition coefficient (Wildman–Crippen LogP) is 5.68. The first-order valence-electron chi connectivity index (χ1n) is 8.29. The number of hydrogen-bond acceptors (Lipinski definition) is 1. The fraction of sp³-hybridized carbons (Fsp3) is 0.182. The molecule has 2 heteroatoms. The van der Waals surface area contributed by atoms with Crippen LogP contribution in [0.15, 0.2) is 78.9 Å². The molecular weight excluding hydrogens is 314 g/mol. The van der Waals surface area contributed by atoms with Crippen molar-refractivity contribution in [1.82, 2.24) is 0 Å². The Morgan fingerprint density at radius 3 is 2.17 bits per heavy atom. The van der Waals surface area contributed by atoms with E-state index in [9.17, 15) is 0 Å². The summed E-state index contributed by atoms with van der Waals surface area (Å²) in [5.74, 6) is 0.272. The zero-order valence-electron chi connectivity index (χ0n) is 13.8. The Kier molecular flexibility index (Phi) is 5.34. The van der Waals surface area contributed by atoms with Crippen molar-refractivity contribution in [3.63, 3.8) is 0 Å². The fourth-order valence-electron chi connectivity index (χ4n) is 3.08. The maximum atomic E-state index is 6.27. The Morgan fingerprint density at radius 1 is 0.833 bits per heavy atom. The summed E-state index contributed by atoms with van der Waals surface area (Å²) in [6.45, 7) is 2.07. The van der Waals surface area contributed by atoms with E-state index in [0.717, 1.165) is 11.4 Å². The number of benzene rings is 3. The van der Waals surface area contributed by atoms with Crippen LogP contribution in [0.1, 0.15) is 24.0 Å². The molecule has 0 aliphatic carbocycles. The van der Waals surface area contributed by atoms with Crippen molar-refractivity contribution in [2.24, 2.45) is 5.73 Å². The molecule has 0 aromatic heterocycles. The first-order valence-corrected chi connectivity index (χ1v) is 8.66. The molecule has 0 amide bonds. The first-order chi connectivity index (χ1) is 11.6. The molecule has 0 radical (unpaired) electrons. The van der Waals surface area contributed by atoms with Crippen molar-refractivity contribution in [3.8, 4) is 11.1 Å². The normalized spacial score (nSPS) is 13.5. The zero-order valence-corrected chi connectivity index (χ0v) is 14.6. The maximum absolute atomic E-state index is 6.27. The first kappa shape index (κ1) is 16.8. The summed E-state index contributed by atoms with van der Waals surface area (Å²) in [5.41, 5.74) is 11.3. The second-order valence-electron chi connectivity index (χ2n) is 6.29. The van der Waals surface area contributed by atoms with E-state index in [1.165, 1.54) is 22.3 Å². The highest BCUT2D eigenvalue weighted by Gasteiger charge is 2.17. The van der Waals surface area contributed by atoms with Crippen LogP contribution in [0.3, 0.4) is 0 Å². The molecule has 0 saturated carbocycles. The Morgan fingerprint density at radius 2 is 1.50 bits per heavy atom. The minimum Gasteiger partial charge on any atom is -0.327 e. The molecule has 0 aliphatic heterocycles. The average molecular weight is 336 g/mol. The number of hydrogen-bond donors (Lipinski definition) is 1. The molecule has 2 N–H and O–H groups in total. The van der Waals surface area contributed by atoms with Crippen LogP contribution in [0.5, 0.6) is 0 Å². The molecule has 3 rings (SSSR count). The largest absolute Gasteiger partial charge is 0.327 e. The summed E-state index contributed by atoms with van der Waals surface area (Å²) >= 11 is 6.01. The highest BCUT2D eigenvalue weighted by atomic mass is 35.5. The fourth-order valence-corrected chi connectivity index (χ4v) is 3.21. The van der Waals surface area contributed by atoms with E-state index in [1.807, 2.05) is 18.2 Å². The smallest absolute Gasteiger partial charge is 0.0406 e. The van der Waals surface area contributed by atoms with Crippen LogP contribution in [-0.4, -0.2) is 6.04 Å². The standard InChI is InChI=1S/C22H22ClN/c1-16(24)22(19-10-12-21(23)13-11-19)15-17-6-5-9-20(14-17)18-7-3-2-4-8-18/h2-14,16,22H,15,24H2,1H3. The van der Waals surface area contributed by atoms with Crippen LogP contribution < -0.4 is 5.73 Å². The van der Waals surface area contributed by atoms with Gasteiger partial charge in [-0.15, -0.1) is 0 Å². The van der Waals surface area contributed by atoms with Gasteiger partial charge in [-0.3, -0.25) is 0 Å². The van der Waals surface area contributed by atoms with Gasteiger partial charge in [0.2, 0.25) is 0 Å². The van der Waals surface area contributed by atoms with Crippen molar-refractivity contribution < 1.29 is 0 Å². The van der Waals surface area contributed by atoms with Gasteiger partial charge in [-0.05, 0) is 47.7 Å². The quantitative estimate of drug-likeness (QED) is 0.637. The summed E-state index contributed by atoms with van der Waals surface area (Å²) in [6, 6.07) is 27.3. The highest BCUT2D eigenvalue weighted by Crippen LogP contribution is 2.27. The van der Waals surface area contributed by atoms with Crippen molar-refractivity contribution in [2.75, 3.05) is 0 Å². The van der Waals surface area contributed by atoms with Gasteiger partial charge in [0, 0.05) is 17.0 Å². The molecule has 0 saturated heterocycles. The predicted molar refractivity (Wildman–Crippen MR) is 103 cm³/mol. The lowest BCUT2D eigenvalue weighted by Crippen LogP contribution is -2.26. The molecule has 0 spiro atoms. The summed E-state index contributed by atoms with van der Waals surface area (Å²) in [7, 11) is 0. The Hall–Kier alpha value is -2.09. The highest BCUT2D eigenvalue weighted by molar-refractivity contribution is 6.30. The molecule has 0 fully saturated rings. The van der Waals surface area contributed by atoms with Crippen LogP contribution in [-0.2, 0) is 6.42 Å². The van der Waals surface area contributed by atoms with E-state index >= 15 is 0 Å². The number of halogens is 1. The number of rotatable bonds is 5. The summed E-state index contributed by atoms with van der Waals surface area (Å²) in [5, 5.41) is 0.758. The van der Waals surface area contributed by atoms with E-state index in [0.29, 0.717) is 0 Å². The third-order valence-corrected chi connectivity index (χ3v) is 4.67. The van der Waals surface area contributed by atoms with Crippen LogP contribution in [0.25, 0.3) is 11.1 Å². The molecule has 2 atom stereocenters. The molecule has 0 bridgehead atoms. The molecule has 2 unspecified atom stereocenters. The summed E-state index contributed by atoms with van der Waals surface area (Å²) < 4.78 is 0. The van der Waals surface area contributed by atoms with Crippen LogP contribution in [0.4, 0.5) is 0 Å². The van der Waals surface area contributed by atoms with Crippen LogP contribution in [0, 0.1) is 0 Å². The molecule has 0 aliphatic rings. The van der Waals surface area contributed by atoms with Gasteiger partial charge in [0.15, 0.2) is 0 Å². The van der Waals surface area contributed by atoms with E-state index < -0.39 is 0 Å². The van der Waals surface area contributed by atoms with Crippen molar-refractivity contribution in [2.45, 2.75) is 25.3 Å². The average Bonchev–Trinajstić information content (AvgIpc) is 2.61. The van der Waals surface area contributed by atoms with E-state index in [-0.39, 0.29) is 12.0 Å². The molecule has 0 heterocycles. The van der Waals surface area contributed by atoms with E-state index in [1.54, 1.807) is 0 Å². The topological polar surface area (TPSA) is 26.0 Å². The van der Waals surface area contributed by atoms with Gasteiger partial charge in [-0.25, -0.2) is 0 Å². The van der Waals surface area contributed by atoms with Gasteiger partial charge >= 0.3 is 0 Å². The SMILES string of the molecule is CC(N)C(Cc1cccc(-c2ccccc2)c1)c1ccc(Cl)cc1. The Bertz CT molecular complexity index is 779. The second kappa shape index (κ2) is 7.65. The Balaban J connectivity index is 1.87. The second-order valence-corrected chi connectivity index (χ2v) is 6.72. The number of nitrogens with two attached hydrogens (primary N) is 1. The van der Waals surface area contributed by atoms with Gasteiger partial charge in [0.25, 0.3) is 0 Å². The van der Waals surface area contributed by atoms with Crippen LogP contribution in [0.2, 0.25) is 5.02 Å². The molecule has 3 aromatic carbocycles. The van der Waals surface area contributed by atoms with E-state index in [4.69, 9.17) is 17.3 Å². The van der Waals surface area contributed by atoms with Crippen molar-refractivity contribution in [1.29, 1.82) is 0 Å². The van der Waals surface area contributed by atoms with Gasteiger partial charge in [-0.1, -0.05) is 78.3 Å². The molecule has 24 heavy (non-hydrogen) atoms. The summed E-state index contributed by atoms with van der Waals surface area (Å²) in [4.78, 5) is 0. The van der Waals surface area contributed by atoms with Crippen LogP contribution >= 0.6 is 11.6 Å². The van der Waals surface area contributed by atoms with Gasteiger partial charge in [0.1, 0.15) is 0 Å². The van der Waals surface area contributed by atoms with Gasteiger partial charge < -0.3 is 5.73 Å². The molecule has 3 aromatic rings. The lowest BCUT2D eigenvalue weighted by molar-refractivity contribution is 0.565. The lowest BCUT2D eigenvalue weighted by atomic mass is 9.86. The van der Waals surface area contributed by atoms with Crippen molar-refractivity contribution >= 4 is 11.6 Å². The van der Waals surface area contributed by atoms with Gasteiger partial charge in [0.05, 0.1) is 0 Å². The zero-order chi connectivity index (χ0) is 16.9. The van der Waals surface area contributed by atoms with Crippen molar-refractivity contribution in [3.05, 3.63) is 95.0 Å². The monoisotopic (exact) mass is 335 g/mol. The van der Waals surface area contributed by atoms with Gasteiger partial charge in [-0.2, -0.15) is 0 Å². The minimum atomic E-state index is 0.0755. The minimum absolute atomic E-state index is 0.0755. The summed E-state index contributed by atoms with van der Waals surface area (Å²) in [6.07, 6.45) is 0.917. The molecule has 122 valence electrons. The van der Waals surface area contributed by atoms with E-state index in [2.05, 4.69) is 67.6 Å². The maximum Gasteiger partial charge on any atom is 0.0406 e. The molecule has 1 nitrogen and oxygen atoms in total. The Labute approximate surface area is 149 Å². The lowest BCUT2D eigenvalue weighted by Gasteiger charge is -2.22. The third-order valence-electron chi connectivity index (χ3n) is 4.42. The third kappa shape index (κ3) is 4.05. The molecular formula is C22H22ClN.